The summed E-state index contributed by atoms with van der Waals surface area (Å²) in [6.45, 7) is 2.67. The number of aromatic nitrogens is 3. The van der Waals surface area contributed by atoms with Gasteiger partial charge in [0.15, 0.2) is 0 Å². The van der Waals surface area contributed by atoms with Gasteiger partial charge < -0.3 is 9.80 Å². The quantitative estimate of drug-likeness (QED) is 0.856. The Kier molecular flexibility index (Phi) is 4.49. The summed E-state index contributed by atoms with van der Waals surface area (Å²) in [5.74, 6) is 0.787. The number of likely N-dealkylation sites (tertiary alicyclic amines) is 1. The van der Waals surface area contributed by atoms with E-state index in [1.165, 1.54) is 0 Å². The summed E-state index contributed by atoms with van der Waals surface area (Å²) in [5, 5.41) is 5.00. The van der Waals surface area contributed by atoms with Gasteiger partial charge in [0, 0.05) is 45.0 Å². The van der Waals surface area contributed by atoms with Gasteiger partial charge in [0.1, 0.15) is 11.0 Å². The van der Waals surface area contributed by atoms with Crippen LogP contribution in [-0.2, 0) is 7.05 Å². The van der Waals surface area contributed by atoms with E-state index in [9.17, 15) is 4.79 Å². The third-order valence-corrected chi connectivity index (χ3v) is 4.94. The predicted octanol–water partition coefficient (Wildman–Crippen LogP) is 2.82. The van der Waals surface area contributed by atoms with Gasteiger partial charge >= 0.3 is 0 Å². The minimum absolute atomic E-state index is 0.0160. The Balaban J connectivity index is 1.93. The Morgan fingerprint density at radius 3 is 2.79 bits per heavy atom. The standard InChI is InChI=1S/C17H22ClN5O/c1-11-15(16(18)22(4)20-11)13-6-5-9-23(13)17(24)12-7-8-19-14(10-12)21(2)3/h7-8,10,13H,5-6,9H2,1-4H3. The maximum atomic E-state index is 13.0. The molecule has 1 saturated heterocycles. The molecule has 7 heteroatoms. The number of halogens is 1. The Labute approximate surface area is 147 Å². The second-order valence-corrected chi connectivity index (χ2v) is 6.73. The van der Waals surface area contributed by atoms with Crippen molar-refractivity contribution < 1.29 is 4.79 Å². The van der Waals surface area contributed by atoms with Crippen LogP contribution >= 0.6 is 11.6 Å². The van der Waals surface area contributed by atoms with Crippen LogP contribution in [0.3, 0.4) is 0 Å². The fourth-order valence-corrected chi connectivity index (χ4v) is 3.60. The molecule has 3 heterocycles. The van der Waals surface area contributed by atoms with Crippen LogP contribution in [0.1, 0.15) is 40.5 Å². The second kappa shape index (κ2) is 6.43. The van der Waals surface area contributed by atoms with Gasteiger partial charge in [-0.15, -0.1) is 0 Å². The smallest absolute Gasteiger partial charge is 0.254 e. The van der Waals surface area contributed by atoms with Crippen LogP contribution in [-0.4, -0.2) is 46.2 Å². The zero-order chi connectivity index (χ0) is 17.4. The molecule has 0 bridgehead atoms. The molecule has 1 unspecified atom stereocenters. The Morgan fingerprint density at radius 2 is 2.17 bits per heavy atom. The fraction of sp³-hybridized carbons (Fsp3) is 0.471. The van der Waals surface area contributed by atoms with Crippen LogP contribution in [0.4, 0.5) is 5.82 Å². The van der Waals surface area contributed by atoms with Crippen molar-refractivity contribution >= 4 is 23.3 Å². The lowest BCUT2D eigenvalue weighted by Gasteiger charge is -2.25. The number of rotatable bonds is 3. The van der Waals surface area contributed by atoms with Crippen molar-refractivity contribution in [1.29, 1.82) is 0 Å². The number of nitrogens with zero attached hydrogens (tertiary/aromatic N) is 5. The molecule has 1 fully saturated rings. The molecule has 1 atom stereocenters. The van der Waals surface area contributed by atoms with Crippen LogP contribution in [0.15, 0.2) is 18.3 Å². The molecule has 1 amide bonds. The maximum Gasteiger partial charge on any atom is 0.254 e. The van der Waals surface area contributed by atoms with Crippen molar-refractivity contribution in [3.05, 3.63) is 40.3 Å². The van der Waals surface area contributed by atoms with Gasteiger partial charge in [0.2, 0.25) is 0 Å². The van der Waals surface area contributed by atoms with Gasteiger partial charge in [-0.1, -0.05) is 11.6 Å². The number of hydrogen-bond acceptors (Lipinski definition) is 4. The zero-order valence-electron chi connectivity index (χ0n) is 14.5. The summed E-state index contributed by atoms with van der Waals surface area (Å²) < 4.78 is 1.67. The van der Waals surface area contributed by atoms with E-state index in [-0.39, 0.29) is 11.9 Å². The van der Waals surface area contributed by atoms with Crippen LogP contribution in [0.2, 0.25) is 5.15 Å². The second-order valence-electron chi connectivity index (χ2n) is 6.37. The first-order valence-corrected chi connectivity index (χ1v) is 8.41. The van der Waals surface area contributed by atoms with Crippen molar-refractivity contribution in [2.24, 2.45) is 7.05 Å². The number of carbonyl (C=O) groups excluding carboxylic acids is 1. The molecule has 0 N–H and O–H groups in total. The van der Waals surface area contributed by atoms with E-state index < -0.39 is 0 Å². The largest absolute Gasteiger partial charge is 0.363 e. The average molecular weight is 348 g/mol. The summed E-state index contributed by atoms with van der Waals surface area (Å²) in [6.07, 6.45) is 3.55. The van der Waals surface area contributed by atoms with Gasteiger partial charge in [0.05, 0.1) is 11.7 Å². The van der Waals surface area contributed by atoms with Gasteiger partial charge in [-0.05, 0) is 31.9 Å². The SMILES string of the molecule is Cc1nn(C)c(Cl)c1C1CCCN1C(=O)c1ccnc(N(C)C)c1. The van der Waals surface area contributed by atoms with E-state index in [1.54, 1.807) is 16.9 Å². The topological polar surface area (TPSA) is 54.3 Å². The first kappa shape index (κ1) is 16.8. The molecular formula is C17H22ClN5O. The van der Waals surface area contributed by atoms with E-state index in [4.69, 9.17) is 11.6 Å². The van der Waals surface area contributed by atoms with Crippen LogP contribution in [0.5, 0.6) is 0 Å². The van der Waals surface area contributed by atoms with E-state index >= 15 is 0 Å². The summed E-state index contributed by atoms with van der Waals surface area (Å²) in [4.78, 5) is 21.1. The molecule has 24 heavy (non-hydrogen) atoms. The van der Waals surface area contributed by atoms with E-state index in [2.05, 4.69) is 10.1 Å². The molecule has 6 nitrogen and oxygen atoms in total. The number of hydrogen-bond donors (Lipinski definition) is 0. The molecule has 3 rings (SSSR count). The zero-order valence-corrected chi connectivity index (χ0v) is 15.2. The maximum absolute atomic E-state index is 13.0. The Bertz CT molecular complexity index is 770. The number of pyridine rings is 1. The molecule has 0 radical (unpaired) electrons. The monoisotopic (exact) mass is 347 g/mol. The van der Waals surface area contributed by atoms with Gasteiger partial charge in [0.25, 0.3) is 5.91 Å². The minimum atomic E-state index is -0.0188. The van der Waals surface area contributed by atoms with E-state index in [0.29, 0.717) is 10.7 Å². The fourth-order valence-electron chi connectivity index (χ4n) is 3.30. The number of aryl methyl sites for hydroxylation is 2. The normalized spacial score (nSPS) is 17.4. The van der Waals surface area contributed by atoms with E-state index in [0.717, 1.165) is 36.5 Å². The number of carbonyl (C=O) groups is 1. The van der Waals surface area contributed by atoms with Crippen LogP contribution < -0.4 is 4.90 Å². The highest BCUT2D eigenvalue weighted by atomic mass is 35.5. The molecule has 0 aliphatic carbocycles. The summed E-state index contributed by atoms with van der Waals surface area (Å²) in [7, 11) is 5.65. The summed E-state index contributed by atoms with van der Waals surface area (Å²) >= 11 is 6.42. The Hall–Kier alpha value is -2.08. The number of anilines is 1. The first-order valence-electron chi connectivity index (χ1n) is 8.03. The molecule has 1 aliphatic rings. The molecule has 0 saturated carbocycles. The third-order valence-electron chi connectivity index (χ3n) is 4.49. The van der Waals surface area contributed by atoms with Crippen molar-refractivity contribution in [1.82, 2.24) is 19.7 Å². The molecule has 1 aliphatic heterocycles. The molecule has 2 aromatic rings. The van der Waals surface area contributed by atoms with Crippen molar-refractivity contribution in [3.63, 3.8) is 0 Å². The van der Waals surface area contributed by atoms with Crippen molar-refractivity contribution in [2.75, 3.05) is 25.5 Å². The van der Waals surface area contributed by atoms with Gasteiger partial charge in [-0.25, -0.2) is 4.98 Å². The van der Waals surface area contributed by atoms with Crippen molar-refractivity contribution in [2.45, 2.75) is 25.8 Å². The summed E-state index contributed by atoms with van der Waals surface area (Å²) in [6, 6.07) is 3.58. The Morgan fingerprint density at radius 1 is 1.42 bits per heavy atom. The molecular weight excluding hydrogens is 326 g/mol. The van der Waals surface area contributed by atoms with Gasteiger partial charge in [-0.3, -0.25) is 9.48 Å². The third kappa shape index (κ3) is 2.86. The lowest BCUT2D eigenvalue weighted by Crippen LogP contribution is -2.31. The molecule has 0 spiro atoms. The van der Waals surface area contributed by atoms with Crippen molar-refractivity contribution in [3.8, 4) is 0 Å². The minimum Gasteiger partial charge on any atom is -0.363 e. The van der Waals surface area contributed by atoms with Crippen LogP contribution in [0, 0.1) is 6.92 Å². The first-order chi connectivity index (χ1) is 11.4. The number of amides is 1. The average Bonchev–Trinajstić information content (AvgIpc) is 3.11. The molecule has 0 aromatic carbocycles. The van der Waals surface area contributed by atoms with Gasteiger partial charge in [-0.2, -0.15) is 5.10 Å². The predicted molar refractivity (Wildman–Crippen MR) is 94.5 cm³/mol. The highest BCUT2D eigenvalue weighted by molar-refractivity contribution is 6.30. The molecule has 2 aromatic heterocycles. The van der Waals surface area contributed by atoms with E-state index in [1.807, 2.05) is 43.9 Å². The lowest BCUT2D eigenvalue weighted by atomic mass is 10.1. The highest BCUT2D eigenvalue weighted by Crippen LogP contribution is 2.38. The van der Waals surface area contributed by atoms with Crippen LogP contribution in [0.25, 0.3) is 0 Å². The summed E-state index contributed by atoms with van der Waals surface area (Å²) in [5.41, 5.74) is 2.50. The lowest BCUT2D eigenvalue weighted by molar-refractivity contribution is 0.0735. The molecule has 128 valence electrons. The highest BCUT2D eigenvalue weighted by Gasteiger charge is 2.34.